The molecule has 2 N–H and O–H groups in total. The second-order valence-electron chi connectivity index (χ2n) is 8.40. The molecule has 0 unspecified atom stereocenters. The van der Waals surface area contributed by atoms with Gasteiger partial charge in [0.25, 0.3) is 5.69 Å². The first-order valence-electron chi connectivity index (χ1n) is 9.60. The van der Waals surface area contributed by atoms with Gasteiger partial charge in [-0.05, 0) is 28.9 Å². The highest BCUT2D eigenvalue weighted by Gasteiger charge is 2.44. The van der Waals surface area contributed by atoms with Gasteiger partial charge >= 0.3 is 0 Å². The summed E-state index contributed by atoms with van der Waals surface area (Å²) in [5, 5.41) is 25.0. The summed E-state index contributed by atoms with van der Waals surface area (Å²) < 4.78 is 4.94. The molecule has 1 aliphatic carbocycles. The molecule has 3 rings (SSSR count). The molecule has 0 radical (unpaired) electrons. The molecule has 2 atom stereocenters. The van der Waals surface area contributed by atoms with Gasteiger partial charge in [-0.1, -0.05) is 45.0 Å². The van der Waals surface area contributed by atoms with E-state index < -0.39 is 4.92 Å². The quantitative estimate of drug-likeness (QED) is 0.426. The fourth-order valence-corrected chi connectivity index (χ4v) is 3.31. The molecule has 2 aromatic rings. The Kier molecular flexibility index (Phi) is 5.78. The number of phenols is 1. The molecule has 1 fully saturated rings. The van der Waals surface area contributed by atoms with Crippen LogP contribution in [0.15, 0.2) is 41.5 Å². The lowest BCUT2D eigenvalue weighted by molar-refractivity contribution is -0.385. The Morgan fingerprint density at radius 1 is 1.30 bits per heavy atom. The van der Waals surface area contributed by atoms with Crippen LogP contribution >= 0.6 is 0 Å². The van der Waals surface area contributed by atoms with E-state index in [0.717, 1.165) is 30.3 Å². The summed E-state index contributed by atoms with van der Waals surface area (Å²) in [6.45, 7) is 6.46. The lowest BCUT2D eigenvalue weighted by atomic mass is 9.86. The van der Waals surface area contributed by atoms with Crippen molar-refractivity contribution in [2.45, 2.75) is 38.5 Å². The van der Waals surface area contributed by atoms with Gasteiger partial charge in [0.05, 0.1) is 24.3 Å². The zero-order chi connectivity index (χ0) is 22.1. The van der Waals surface area contributed by atoms with Crippen LogP contribution in [0.25, 0.3) is 0 Å². The predicted octanol–water partition coefficient (Wildman–Crippen LogP) is 3.86. The highest BCUT2D eigenvalue weighted by atomic mass is 16.6. The van der Waals surface area contributed by atoms with Crippen LogP contribution < -0.4 is 10.2 Å². The largest absolute Gasteiger partial charge is 0.504 e. The normalized spacial score (nSPS) is 18.3. The fourth-order valence-electron chi connectivity index (χ4n) is 3.31. The summed E-state index contributed by atoms with van der Waals surface area (Å²) in [6.07, 6.45) is 1.91. The van der Waals surface area contributed by atoms with Gasteiger partial charge in [0.2, 0.25) is 5.91 Å². The van der Waals surface area contributed by atoms with E-state index in [1.807, 2.05) is 0 Å². The average molecular weight is 411 g/mol. The molecule has 0 aliphatic heterocycles. The minimum atomic E-state index is -0.600. The van der Waals surface area contributed by atoms with Crippen LogP contribution in [0.3, 0.4) is 0 Å². The minimum Gasteiger partial charge on any atom is -0.504 e. The third kappa shape index (κ3) is 4.59. The minimum absolute atomic E-state index is 0.0436. The summed E-state index contributed by atoms with van der Waals surface area (Å²) in [6, 6.07) is 10.6. The summed E-state index contributed by atoms with van der Waals surface area (Å²) >= 11 is 0. The molecule has 0 spiro atoms. The van der Waals surface area contributed by atoms with E-state index in [-0.39, 0.29) is 45.9 Å². The maximum atomic E-state index is 12.4. The fraction of sp³-hybridized carbons (Fsp3) is 0.364. The van der Waals surface area contributed by atoms with Crippen molar-refractivity contribution in [3.8, 4) is 11.5 Å². The van der Waals surface area contributed by atoms with E-state index in [9.17, 15) is 20.0 Å². The Balaban J connectivity index is 1.64. The second-order valence-corrected chi connectivity index (χ2v) is 8.40. The maximum Gasteiger partial charge on any atom is 0.274 e. The highest BCUT2D eigenvalue weighted by molar-refractivity contribution is 5.88. The SMILES string of the molecule is COc1cc([N+](=O)[O-])cc(/C=N/NC(=O)[C@H]2C[C@H]2c2ccc(C(C)(C)C)cc2)c1O. The number of nitrogens with zero attached hydrogens (tertiary/aromatic N) is 2. The average Bonchev–Trinajstić information content (AvgIpc) is 3.49. The Bertz CT molecular complexity index is 993. The molecule has 1 aliphatic rings. The van der Waals surface area contributed by atoms with Crippen LogP contribution in [-0.2, 0) is 10.2 Å². The van der Waals surface area contributed by atoms with Crippen molar-refractivity contribution in [2.75, 3.05) is 7.11 Å². The molecule has 0 bridgehead atoms. The first-order valence-corrected chi connectivity index (χ1v) is 9.60. The van der Waals surface area contributed by atoms with Crippen molar-refractivity contribution in [2.24, 2.45) is 11.0 Å². The van der Waals surface area contributed by atoms with E-state index >= 15 is 0 Å². The van der Waals surface area contributed by atoms with Gasteiger partial charge in [0, 0.05) is 17.5 Å². The first-order chi connectivity index (χ1) is 14.1. The highest BCUT2D eigenvalue weighted by Crippen LogP contribution is 2.47. The standard InChI is InChI=1S/C22H25N3O5/c1-22(2,3)15-7-5-13(6-8-15)17-11-18(17)21(27)24-23-12-14-9-16(25(28)29)10-19(30-4)20(14)26/h5-10,12,17-18,26H,11H2,1-4H3,(H,24,27)/b23-12+/t17-,18-/m0/s1. The van der Waals surface area contributed by atoms with E-state index in [2.05, 4.69) is 55.6 Å². The number of rotatable bonds is 6. The Labute approximate surface area is 174 Å². The monoisotopic (exact) mass is 411 g/mol. The number of carbonyl (C=O) groups is 1. The molecule has 0 aromatic heterocycles. The zero-order valence-electron chi connectivity index (χ0n) is 17.4. The van der Waals surface area contributed by atoms with Gasteiger partial charge < -0.3 is 9.84 Å². The number of carbonyl (C=O) groups excluding carboxylic acids is 1. The Hall–Kier alpha value is -3.42. The maximum absolute atomic E-state index is 12.4. The molecule has 1 saturated carbocycles. The zero-order valence-corrected chi connectivity index (χ0v) is 17.4. The van der Waals surface area contributed by atoms with Crippen LogP contribution in [0.2, 0.25) is 0 Å². The summed E-state index contributed by atoms with van der Waals surface area (Å²) in [4.78, 5) is 22.8. The number of benzene rings is 2. The number of nitrogens with one attached hydrogen (secondary N) is 1. The molecular formula is C22H25N3O5. The van der Waals surface area contributed by atoms with Crippen molar-refractivity contribution in [1.82, 2.24) is 5.43 Å². The van der Waals surface area contributed by atoms with Crippen LogP contribution in [0.4, 0.5) is 5.69 Å². The number of hydrogen-bond acceptors (Lipinski definition) is 6. The van der Waals surface area contributed by atoms with E-state index in [4.69, 9.17) is 4.74 Å². The molecule has 8 nitrogen and oxygen atoms in total. The smallest absolute Gasteiger partial charge is 0.274 e. The molecule has 2 aromatic carbocycles. The number of ether oxygens (including phenoxy) is 1. The number of amides is 1. The number of methoxy groups -OCH3 is 1. The number of aromatic hydroxyl groups is 1. The molecular weight excluding hydrogens is 386 g/mol. The molecule has 30 heavy (non-hydrogen) atoms. The van der Waals surface area contributed by atoms with Crippen LogP contribution in [-0.4, -0.2) is 29.3 Å². The third-order valence-corrected chi connectivity index (χ3v) is 5.23. The number of hydrogen-bond donors (Lipinski definition) is 2. The molecule has 1 amide bonds. The van der Waals surface area contributed by atoms with Crippen molar-refractivity contribution >= 4 is 17.8 Å². The molecule has 8 heteroatoms. The van der Waals surface area contributed by atoms with Crippen molar-refractivity contribution in [3.05, 3.63) is 63.2 Å². The Morgan fingerprint density at radius 2 is 1.97 bits per heavy atom. The topological polar surface area (TPSA) is 114 Å². The lowest BCUT2D eigenvalue weighted by Crippen LogP contribution is -2.20. The van der Waals surface area contributed by atoms with E-state index in [0.29, 0.717) is 0 Å². The van der Waals surface area contributed by atoms with Gasteiger partial charge in [0.1, 0.15) is 0 Å². The first kappa shape index (κ1) is 21.3. The van der Waals surface area contributed by atoms with Gasteiger partial charge in [-0.25, -0.2) is 5.43 Å². The number of phenolic OH excluding ortho intramolecular Hbond substituents is 1. The van der Waals surface area contributed by atoms with Gasteiger partial charge in [0.15, 0.2) is 11.5 Å². The van der Waals surface area contributed by atoms with Crippen molar-refractivity contribution in [1.29, 1.82) is 0 Å². The van der Waals surface area contributed by atoms with Gasteiger partial charge in [-0.3, -0.25) is 14.9 Å². The Morgan fingerprint density at radius 3 is 2.53 bits per heavy atom. The van der Waals surface area contributed by atoms with E-state index in [1.165, 1.54) is 12.7 Å². The lowest BCUT2D eigenvalue weighted by Gasteiger charge is -2.19. The number of hydrazone groups is 1. The third-order valence-electron chi connectivity index (χ3n) is 5.23. The number of nitro benzene ring substituents is 1. The van der Waals surface area contributed by atoms with Crippen LogP contribution in [0.1, 0.15) is 49.8 Å². The van der Waals surface area contributed by atoms with Crippen LogP contribution in [0.5, 0.6) is 11.5 Å². The van der Waals surface area contributed by atoms with Gasteiger partial charge in [-0.15, -0.1) is 0 Å². The predicted molar refractivity (Wildman–Crippen MR) is 113 cm³/mol. The number of nitro groups is 1. The van der Waals surface area contributed by atoms with Crippen molar-refractivity contribution < 1.29 is 19.6 Å². The summed E-state index contributed by atoms with van der Waals surface area (Å²) in [5.74, 6) is -0.577. The molecule has 0 saturated heterocycles. The van der Waals surface area contributed by atoms with Crippen LogP contribution in [0, 0.1) is 16.0 Å². The van der Waals surface area contributed by atoms with E-state index in [1.54, 1.807) is 0 Å². The molecule has 0 heterocycles. The number of non-ortho nitro benzene ring substituents is 1. The van der Waals surface area contributed by atoms with Crippen molar-refractivity contribution in [3.63, 3.8) is 0 Å². The summed E-state index contributed by atoms with van der Waals surface area (Å²) in [5.41, 5.74) is 4.71. The molecule has 158 valence electrons. The van der Waals surface area contributed by atoms with Gasteiger partial charge in [-0.2, -0.15) is 5.10 Å². The second kappa shape index (κ2) is 8.14. The summed E-state index contributed by atoms with van der Waals surface area (Å²) in [7, 11) is 1.29.